The Morgan fingerprint density at radius 1 is 1.50 bits per heavy atom. The highest BCUT2D eigenvalue weighted by atomic mass is 35.5. The molecular weight excluding hydrogens is 275 g/mol. The van der Waals surface area contributed by atoms with Crippen LogP contribution in [-0.4, -0.2) is 18.0 Å². The predicted molar refractivity (Wildman–Crippen MR) is 72.2 cm³/mol. The van der Waals surface area contributed by atoms with Crippen LogP contribution in [0.15, 0.2) is 12.1 Å². The number of hydrogen-bond acceptors (Lipinski definition) is 3. The second-order valence-electron chi connectivity index (χ2n) is 3.83. The zero-order chi connectivity index (χ0) is 13.4. The Kier molecular flexibility index (Phi) is 3.48. The van der Waals surface area contributed by atoms with Crippen molar-refractivity contribution in [3.63, 3.8) is 0 Å². The lowest BCUT2D eigenvalue weighted by molar-refractivity contribution is 0.0997. The minimum Gasteiger partial charge on any atom is -0.364 e. The van der Waals surface area contributed by atoms with Gasteiger partial charge in [-0.2, -0.15) is 0 Å². The monoisotopic (exact) mass is 286 g/mol. The number of nitrogens with two attached hydrogens (primary N) is 1. The number of rotatable bonds is 3. The fraction of sp³-hybridized carbons (Fsp3) is 0.182. The number of primary amides is 1. The summed E-state index contributed by atoms with van der Waals surface area (Å²) < 4.78 is 16.8. The maximum Gasteiger partial charge on any atom is 0.266 e. The number of carbonyl (C=O) groups excluding carboxylic acids is 1. The van der Waals surface area contributed by atoms with E-state index < -0.39 is 13.9 Å². The molecule has 2 aromatic rings. The van der Waals surface area contributed by atoms with Crippen LogP contribution in [0.1, 0.15) is 16.1 Å². The molecule has 0 aliphatic carbocycles. The summed E-state index contributed by atoms with van der Waals surface area (Å²) in [4.78, 5) is 14.2. The Morgan fingerprint density at radius 3 is 2.72 bits per heavy atom. The average molecular weight is 287 g/mol. The molecule has 0 spiro atoms. The summed E-state index contributed by atoms with van der Waals surface area (Å²) >= 11 is 6.03. The summed E-state index contributed by atoms with van der Waals surface area (Å²) in [5.74, 6) is -0.674. The molecule has 0 fully saturated rings. The van der Waals surface area contributed by atoms with E-state index >= 15 is 0 Å². The Labute approximate surface area is 109 Å². The molecule has 1 atom stereocenters. The van der Waals surface area contributed by atoms with Crippen molar-refractivity contribution in [2.24, 2.45) is 5.73 Å². The minimum atomic E-state index is -2.54. The van der Waals surface area contributed by atoms with Crippen molar-refractivity contribution in [2.45, 2.75) is 6.92 Å². The van der Waals surface area contributed by atoms with E-state index in [1.807, 2.05) is 0 Å². The van der Waals surface area contributed by atoms with Gasteiger partial charge in [0.1, 0.15) is 5.69 Å². The molecule has 0 aliphatic rings. The van der Waals surface area contributed by atoms with Crippen molar-refractivity contribution in [1.82, 2.24) is 4.98 Å². The lowest BCUT2D eigenvalue weighted by atomic mass is 10.1. The van der Waals surface area contributed by atoms with E-state index in [0.29, 0.717) is 21.2 Å². The molecule has 0 saturated carbocycles. The van der Waals surface area contributed by atoms with Gasteiger partial charge in [0.25, 0.3) is 5.91 Å². The summed E-state index contributed by atoms with van der Waals surface area (Å²) in [7, 11) is -1.22. The van der Waals surface area contributed by atoms with E-state index in [9.17, 15) is 9.36 Å². The topological polar surface area (TPSA) is 85.2 Å². The van der Waals surface area contributed by atoms with Crippen LogP contribution in [0.25, 0.3) is 10.9 Å². The van der Waals surface area contributed by atoms with Crippen molar-refractivity contribution in [3.8, 4) is 0 Å². The second-order valence-corrected chi connectivity index (χ2v) is 5.72. The Hall–Kier alpha value is -1.29. The van der Waals surface area contributed by atoms with Gasteiger partial charge in [-0.05, 0) is 24.6 Å². The molecule has 5 nitrogen and oxygen atoms in total. The van der Waals surface area contributed by atoms with Crippen LogP contribution < -0.4 is 11.0 Å². The van der Waals surface area contributed by atoms with Gasteiger partial charge in [-0.15, -0.1) is 0 Å². The number of fused-ring (bicyclic) bond motifs is 1. The highest BCUT2D eigenvalue weighted by Gasteiger charge is 2.22. The van der Waals surface area contributed by atoms with E-state index in [4.69, 9.17) is 21.9 Å². The van der Waals surface area contributed by atoms with E-state index in [1.165, 1.54) is 7.11 Å². The van der Waals surface area contributed by atoms with Crippen LogP contribution in [0.5, 0.6) is 0 Å². The molecule has 7 heteroatoms. The van der Waals surface area contributed by atoms with Crippen molar-refractivity contribution < 1.29 is 13.9 Å². The standard InChI is InChI=1S/C11H12ClN2O3P/c1-5-6(12)3-4-7-8(5)10(18(16)17-2)9(14-7)11(13)15/h3-4,14,18H,1-2H3,(H2,13,15). The molecule has 1 unspecified atom stereocenters. The summed E-state index contributed by atoms with van der Waals surface area (Å²) in [6.07, 6.45) is 0. The summed E-state index contributed by atoms with van der Waals surface area (Å²) in [5, 5.41) is 1.48. The van der Waals surface area contributed by atoms with Crippen LogP contribution in [0.2, 0.25) is 5.02 Å². The van der Waals surface area contributed by atoms with Gasteiger partial charge < -0.3 is 15.2 Å². The highest BCUT2D eigenvalue weighted by Crippen LogP contribution is 2.32. The summed E-state index contributed by atoms with van der Waals surface area (Å²) in [5.41, 5.74) is 6.79. The van der Waals surface area contributed by atoms with Crippen molar-refractivity contribution in [1.29, 1.82) is 0 Å². The van der Waals surface area contributed by atoms with E-state index in [-0.39, 0.29) is 5.69 Å². The quantitative estimate of drug-likeness (QED) is 0.846. The normalized spacial score (nSPS) is 12.8. The maximum atomic E-state index is 12.0. The largest absolute Gasteiger partial charge is 0.364 e. The second kappa shape index (κ2) is 4.76. The van der Waals surface area contributed by atoms with Gasteiger partial charge in [-0.1, -0.05) is 11.6 Å². The Morgan fingerprint density at radius 2 is 2.17 bits per heavy atom. The molecule has 1 aromatic carbocycles. The molecule has 3 N–H and O–H groups in total. The first-order valence-electron chi connectivity index (χ1n) is 5.16. The van der Waals surface area contributed by atoms with E-state index in [2.05, 4.69) is 4.98 Å². The van der Waals surface area contributed by atoms with E-state index in [0.717, 1.165) is 5.56 Å². The van der Waals surface area contributed by atoms with Gasteiger partial charge in [0.05, 0.1) is 5.30 Å². The van der Waals surface area contributed by atoms with Crippen LogP contribution in [0.4, 0.5) is 0 Å². The zero-order valence-corrected chi connectivity index (χ0v) is 11.6. The van der Waals surface area contributed by atoms with Crippen LogP contribution in [0, 0.1) is 6.92 Å². The molecule has 0 radical (unpaired) electrons. The number of H-pyrrole nitrogens is 1. The average Bonchev–Trinajstić information content (AvgIpc) is 2.73. The Balaban J connectivity index is 2.92. The third-order valence-electron chi connectivity index (χ3n) is 2.79. The van der Waals surface area contributed by atoms with Crippen molar-refractivity contribution in [2.75, 3.05) is 7.11 Å². The van der Waals surface area contributed by atoms with Gasteiger partial charge >= 0.3 is 0 Å². The number of aryl methyl sites for hydroxylation is 1. The molecular formula is C11H12ClN2O3P. The Bertz CT molecular complexity index is 666. The predicted octanol–water partition coefficient (Wildman–Crippen LogP) is 1.98. The number of nitrogens with one attached hydrogen (secondary N) is 1. The maximum absolute atomic E-state index is 12.0. The highest BCUT2D eigenvalue weighted by molar-refractivity contribution is 7.49. The molecule has 18 heavy (non-hydrogen) atoms. The molecule has 1 aromatic heterocycles. The van der Waals surface area contributed by atoms with E-state index in [1.54, 1.807) is 19.1 Å². The first kappa shape index (κ1) is 13.1. The third-order valence-corrected chi connectivity index (χ3v) is 4.48. The fourth-order valence-electron chi connectivity index (χ4n) is 1.93. The van der Waals surface area contributed by atoms with Crippen LogP contribution in [-0.2, 0) is 9.09 Å². The number of halogens is 1. The number of benzene rings is 1. The number of hydrogen-bond donors (Lipinski definition) is 2. The minimum absolute atomic E-state index is 0.112. The smallest absolute Gasteiger partial charge is 0.266 e. The number of aromatic nitrogens is 1. The molecule has 96 valence electrons. The van der Waals surface area contributed by atoms with Crippen LogP contribution >= 0.6 is 19.6 Å². The molecule has 1 amide bonds. The number of aromatic amines is 1. The van der Waals surface area contributed by atoms with Crippen LogP contribution in [0.3, 0.4) is 0 Å². The SMILES string of the molecule is CO[PH](=O)c1c(C(N)=O)[nH]c2ccc(Cl)c(C)c12. The number of carbonyl (C=O) groups is 1. The molecule has 0 saturated heterocycles. The lowest BCUT2D eigenvalue weighted by Gasteiger charge is -2.04. The third kappa shape index (κ3) is 1.94. The van der Waals surface area contributed by atoms with Gasteiger partial charge in [-0.3, -0.25) is 9.36 Å². The molecule has 0 bridgehead atoms. The molecule has 2 rings (SSSR count). The first-order valence-corrected chi connectivity index (χ1v) is 6.85. The first-order chi connectivity index (χ1) is 8.47. The summed E-state index contributed by atoms with van der Waals surface area (Å²) in [6, 6.07) is 3.42. The summed E-state index contributed by atoms with van der Waals surface area (Å²) in [6.45, 7) is 1.79. The van der Waals surface area contributed by atoms with Crippen molar-refractivity contribution in [3.05, 3.63) is 28.4 Å². The zero-order valence-electron chi connectivity index (χ0n) is 9.83. The number of amides is 1. The molecule has 0 aliphatic heterocycles. The lowest BCUT2D eigenvalue weighted by Crippen LogP contribution is -2.19. The van der Waals surface area contributed by atoms with Gasteiger partial charge in [0.15, 0.2) is 0 Å². The van der Waals surface area contributed by atoms with Gasteiger partial charge in [0, 0.05) is 23.0 Å². The van der Waals surface area contributed by atoms with Crippen molar-refractivity contribution >= 4 is 41.7 Å². The molecule has 1 heterocycles. The van der Waals surface area contributed by atoms with Gasteiger partial charge in [0.2, 0.25) is 8.03 Å². The fourth-order valence-corrected chi connectivity index (χ4v) is 3.20. The van der Waals surface area contributed by atoms with Gasteiger partial charge in [-0.25, -0.2) is 0 Å².